The minimum atomic E-state index is -0.606. The molecular weight excluding hydrogens is 438 g/mol. The third-order valence-electron chi connectivity index (χ3n) is 3.24. The summed E-state index contributed by atoms with van der Waals surface area (Å²) in [6.07, 6.45) is 0.675. The first-order chi connectivity index (χ1) is 11.6. The Morgan fingerprint density at radius 2 is 2.08 bits per heavy atom. The van der Waals surface area contributed by atoms with Crippen LogP contribution in [0.5, 0.6) is 0 Å². The molecule has 6 nitrogen and oxygen atoms in total. The molecule has 0 aliphatic rings. The van der Waals surface area contributed by atoms with Crippen molar-refractivity contribution >= 4 is 35.8 Å². The van der Waals surface area contributed by atoms with E-state index in [2.05, 4.69) is 15.6 Å². The molecule has 25 heavy (non-hydrogen) atoms. The second-order valence-electron chi connectivity index (χ2n) is 5.13. The smallest absolute Gasteiger partial charge is 0.284 e. The van der Waals surface area contributed by atoms with Crippen LogP contribution in [0.4, 0.5) is 4.39 Å². The molecule has 0 saturated heterocycles. The van der Waals surface area contributed by atoms with E-state index in [0.717, 1.165) is 5.56 Å². The van der Waals surface area contributed by atoms with Crippen LogP contribution in [-0.4, -0.2) is 25.0 Å². The maximum absolute atomic E-state index is 13.1. The SMILES string of the molecule is CCNC(=NCc1ccc(C(N)=O)o1)NCCc1cccc(F)c1.I. The lowest BCUT2D eigenvalue weighted by Gasteiger charge is -2.11. The summed E-state index contributed by atoms with van der Waals surface area (Å²) >= 11 is 0. The average Bonchev–Trinajstić information content (AvgIpc) is 3.02. The van der Waals surface area contributed by atoms with Crippen molar-refractivity contribution in [3.63, 3.8) is 0 Å². The van der Waals surface area contributed by atoms with E-state index in [9.17, 15) is 9.18 Å². The predicted molar refractivity (Wildman–Crippen MR) is 106 cm³/mol. The summed E-state index contributed by atoms with van der Waals surface area (Å²) in [5.74, 6) is 0.433. The minimum absolute atomic E-state index is 0. The van der Waals surface area contributed by atoms with E-state index in [0.29, 0.717) is 31.2 Å². The zero-order valence-electron chi connectivity index (χ0n) is 13.9. The number of nitrogens with zero attached hydrogens (tertiary/aromatic N) is 1. The fourth-order valence-electron chi connectivity index (χ4n) is 2.11. The van der Waals surface area contributed by atoms with Crippen LogP contribution in [0.2, 0.25) is 0 Å². The molecule has 4 N–H and O–H groups in total. The van der Waals surface area contributed by atoms with Gasteiger partial charge in [-0.3, -0.25) is 4.79 Å². The van der Waals surface area contributed by atoms with E-state index in [1.807, 2.05) is 13.0 Å². The van der Waals surface area contributed by atoms with Gasteiger partial charge in [0.2, 0.25) is 0 Å². The van der Waals surface area contributed by atoms with Crippen molar-refractivity contribution in [1.82, 2.24) is 10.6 Å². The highest BCUT2D eigenvalue weighted by Crippen LogP contribution is 2.08. The van der Waals surface area contributed by atoms with Gasteiger partial charge in [-0.2, -0.15) is 0 Å². The molecule has 2 rings (SSSR count). The fourth-order valence-corrected chi connectivity index (χ4v) is 2.11. The number of hydrogen-bond donors (Lipinski definition) is 3. The van der Waals surface area contributed by atoms with Crippen molar-refractivity contribution in [2.24, 2.45) is 10.7 Å². The Labute approximate surface area is 163 Å². The number of nitrogens with two attached hydrogens (primary N) is 1. The van der Waals surface area contributed by atoms with E-state index in [1.165, 1.54) is 18.2 Å². The number of furan rings is 1. The molecule has 1 amide bonds. The largest absolute Gasteiger partial charge is 0.454 e. The van der Waals surface area contributed by atoms with Crippen molar-refractivity contribution in [1.29, 1.82) is 0 Å². The first-order valence-electron chi connectivity index (χ1n) is 7.73. The Balaban J connectivity index is 0.00000312. The summed E-state index contributed by atoms with van der Waals surface area (Å²) in [5.41, 5.74) is 6.05. The molecule has 8 heteroatoms. The molecule has 0 bridgehead atoms. The number of amides is 1. The summed E-state index contributed by atoms with van der Waals surface area (Å²) in [7, 11) is 0. The van der Waals surface area contributed by atoms with E-state index in [-0.39, 0.29) is 42.1 Å². The molecule has 0 spiro atoms. The molecule has 1 aromatic carbocycles. The molecule has 1 aromatic heterocycles. The Bertz CT molecular complexity index is 718. The molecule has 0 aliphatic carbocycles. The van der Waals surface area contributed by atoms with Gasteiger partial charge in [0.25, 0.3) is 5.91 Å². The molecule has 136 valence electrons. The zero-order valence-corrected chi connectivity index (χ0v) is 16.3. The van der Waals surface area contributed by atoms with E-state index >= 15 is 0 Å². The summed E-state index contributed by atoms with van der Waals surface area (Å²) in [5, 5.41) is 6.28. The molecule has 0 atom stereocenters. The minimum Gasteiger partial charge on any atom is -0.454 e. The van der Waals surface area contributed by atoms with Crippen molar-refractivity contribution in [2.45, 2.75) is 19.9 Å². The Kier molecular flexibility index (Phi) is 8.96. The normalized spacial score (nSPS) is 10.9. The number of rotatable bonds is 7. The lowest BCUT2D eigenvalue weighted by molar-refractivity contribution is 0.0972. The van der Waals surface area contributed by atoms with Gasteiger partial charge in [-0.05, 0) is 43.2 Å². The third-order valence-corrected chi connectivity index (χ3v) is 3.24. The molecule has 1 heterocycles. The highest BCUT2D eigenvalue weighted by molar-refractivity contribution is 14.0. The van der Waals surface area contributed by atoms with Crippen molar-refractivity contribution in [3.8, 4) is 0 Å². The van der Waals surface area contributed by atoms with Gasteiger partial charge in [0.1, 0.15) is 18.1 Å². The molecular formula is C17H22FIN4O2. The van der Waals surface area contributed by atoms with Crippen molar-refractivity contribution < 1.29 is 13.6 Å². The van der Waals surface area contributed by atoms with E-state index in [4.69, 9.17) is 10.2 Å². The van der Waals surface area contributed by atoms with Gasteiger partial charge in [-0.25, -0.2) is 9.38 Å². The number of hydrogen-bond acceptors (Lipinski definition) is 3. The maximum Gasteiger partial charge on any atom is 0.284 e. The van der Waals surface area contributed by atoms with Crippen LogP contribution in [0, 0.1) is 5.82 Å². The number of aliphatic imine (C=N–C) groups is 1. The standard InChI is InChI=1S/C17H21FN4O2.HI/c1-2-20-17(21-9-8-12-4-3-5-13(18)10-12)22-11-14-6-7-15(24-14)16(19)23;/h3-7,10H,2,8-9,11H2,1H3,(H2,19,23)(H2,20,21,22);1H. The van der Waals surface area contributed by atoms with Gasteiger partial charge in [-0.15, -0.1) is 24.0 Å². The average molecular weight is 460 g/mol. The first kappa shape index (κ1) is 20.9. The van der Waals surface area contributed by atoms with Crippen LogP contribution < -0.4 is 16.4 Å². The van der Waals surface area contributed by atoms with Crippen LogP contribution in [0.3, 0.4) is 0 Å². The molecule has 2 aromatic rings. The fraction of sp³-hybridized carbons (Fsp3) is 0.294. The Hall–Kier alpha value is -2.10. The quantitative estimate of drug-likeness (QED) is 0.336. The summed E-state index contributed by atoms with van der Waals surface area (Å²) in [4.78, 5) is 15.4. The lowest BCUT2D eigenvalue weighted by atomic mass is 10.1. The first-order valence-corrected chi connectivity index (χ1v) is 7.73. The van der Waals surface area contributed by atoms with Gasteiger partial charge in [0.15, 0.2) is 11.7 Å². The second kappa shape index (κ2) is 10.7. The number of halogens is 2. The Morgan fingerprint density at radius 1 is 1.28 bits per heavy atom. The topological polar surface area (TPSA) is 92.6 Å². The Morgan fingerprint density at radius 3 is 2.72 bits per heavy atom. The van der Waals surface area contributed by atoms with Crippen LogP contribution >= 0.6 is 24.0 Å². The monoisotopic (exact) mass is 460 g/mol. The van der Waals surface area contributed by atoms with E-state index in [1.54, 1.807) is 12.1 Å². The number of carbonyl (C=O) groups excluding carboxylic acids is 1. The second-order valence-corrected chi connectivity index (χ2v) is 5.13. The van der Waals surface area contributed by atoms with Gasteiger partial charge in [-0.1, -0.05) is 12.1 Å². The van der Waals surface area contributed by atoms with Crippen LogP contribution in [-0.2, 0) is 13.0 Å². The third kappa shape index (κ3) is 7.12. The van der Waals surface area contributed by atoms with Gasteiger partial charge in [0, 0.05) is 13.1 Å². The summed E-state index contributed by atoms with van der Waals surface area (Å²) in [6.45, 7) is 3.56. The van der Waals surface area contributed by atoms with Gasteiger partial charge < -0.3 is 20.8 Å². The van der Waals surface area contributed by atoms with Crippen LogP contribution in [0.25, 0.3) is 0 Å². The highest BCUT2D eigenvalue weighted by Gasteiger charge is 2.07. The summed E-state index contributed by atoms with van der Waals surface area (Å²) in [6, 6.07) is 9.70. The number of nitrogens with one attached hydrogen (secondary N) is 2. The van der Waals surface area contributed by atoms with Crippen molar-refractivity contribution in [3.05, 3.63) is 59.3 Å². The molecule has 0 saturated carbocycles. The molecule has 0 radical (unpaired) electrons. The zero-order chi connectivity index (χ0) is 17.4. The number of carbonyl (C=O) groups is 1. The maximum atomic E-state index is 13.1. The predicted octanol–water partition coefficient (Wildman–Crippen LogP) is 2.43. The number of primary amides is 1. The van der Waals surface area contributed by atoms with E-state index < -0.39 is 5.91 Å². The van der Waals surface area contributed by atoms with Crippen LogP contribution in [0.15, 0.2) is 45.8 Å². The number of benzene rings is 1. The lowest BCUT2D eigenvalue weighted by Crippen LogP contribution is -2.38. The highest BCUT2D eigenvalue weighted by atomic mass is 127. The molecule has 0 fully saturated rings. The van der Waals surface area contributed by atoms with Crippen LogP contribution in [0.1, 0.15) is 28.8 Å². The van der Waals surface area contributed by atoms with Gasteiger partial charge >= 0.3 is 0 Å². The summed E-state index contributed by atoms with van der Waals surface area (Å²) < 4.78 is 18.4. The molecule has 0 unspecified atom stereocenters. The number of guanidine groups is 1. The van der Waals surface area contributed by atoms with Crippen molar-refractivity contribution in [2.75, 3.05) is 13.1 Å². The van der Waals surface area contributed by atoms with Gasteiger partial charge in [0.05, 0.1) is 0 Å². The molecule has 0 aliphatic heterocycles.